The number of anilines is 1. The number of nitrogens with zero attached hydrogens (tertiary/aromatic N) is 3. The summed E-state index contributed by atoms with van der Waals surface area (Å²) < 4.78 is 5.63. The van der Waals surface area contributed by atoms with Crippen molar-refractivity contribution in [3.05, 3.63) is 24.0 Å². The van der Waals surface area contributed by atoms with Crippen LogP contribution in [0.5, 0.6) is 0 Å². The van der Waals surface area contributed by atoms with Gasteiger partial charge < -0.3 is 20.6 Å². The van der Waals surface area contributed by atoms with Gasteiger partial charge >= 0.3 is 0 Å². The smallest absolute Gasteiger partial charge is 0.172 e. The van der Waals surface area contributed by atoms with E-state index >= 15 is 0 Å². The van der Waals surface area contributed by atoms with Crippen molar-refractivity contribution in [1.82, 2.24) is 4.98 Å². The molecule has 98 valence electrons. The van der Waals surface area contributed by atoms with Gasteiger partial charge in [-0.2, -0.15) is 0 Å². The van der Waals surface area contributed by atoms with Crippen LogP contribution < -0.4 is 10.6 Å². The van der Waals surface area contributed by atoms with Crippen LogP contribution in [-0.4, -0.2) is 41.8 Å². The summed E-state index contributed by atoms with van der Waals surface area (Å²) in [7, 11) is 0. The van der Waals surface area contributed by atoms with Gasteiger partial charge in [-0.1, -0.05) is 12.1 Å². The Kier molecular flexibility index (Phi) is 3.99. The van der Waals surface area contributed by atoms with Crippen molar-refractivity contribution in [2.45, 2.75) is 19.4 Å². The molecule has 0 radical (unpaired) electrons. The Labute approximate surface area is 106 Å². The summed E-state index contributed by atoms with van der Waals surface area (Å²) in [6.45, 7) is 4.37. The molecule has 3 N–H and O–H groups in total. The highest BCUT2D eigenvalue weighted by Crippen LogP contribution is 2.22. The van der Waals surface area contributed by atoms with Gasteiger partial charge in [0.25, 0.3) is 0 Å². The third-order valence-electron chi connectivity index (χ3n) is 3.12. The molecule has 0 saturated carbocycles. The van der Waals surface area contributed by atoms with Crippen molar-refractivity contribution in [2.24, 2.45) is 10.9 Å². The van der Waals surface area contributed by atoms with Crippen LogP contribution in [0.4, 0.5) is 5.69 Å². The van der Waals surface area contributed by atoms with E-state index in [1.54, 1.807) is 18.5 Å². The predicted molar refractivity (Wildman–Crippen MR) is 69.0 cm³/mol. The number of aromatic nitrogens is 1. The highest BCUT2D eigenvalue weighted by molar-refractivity contribution is 6.02. The van der Waals surface area contributed by atoms with E-state index in [2.05, 4.69) is 22.0 Å². The van der Waals surface area contributed by atoms with Gasteiger partial charge in [-0.05, 0) is 12.5 Å². The van der Waals surface area contributed by atoms with Crippen LogP contribution in [0.2, 0.25) is 0 Å². The van der Waals surface area contributed by atoms with E-state index in [1.807, 2.05) is 0 Å². The molecule has 0 aromatic carbocycles. The number of nitrogens with two attached hydrogens (primary N) is 1. The number of hydrogen-bond donors (Lipinski definition) is 2. The highest BCUT2D eigenvalue weighted by Gasteiger charge is 2.22. The van der Waals surface area contributed by atoms with Crippen molar-refractivity contribution < 1.29 is 9.94 Å². The molecule has 1 aromatic rings. The molecule has 2 rings (SSSR count). The largest absolute Gasteiger partial charge is 0.409 e. The molecule has 1 atom stereocenters. The van der Waals surface area contributed by atoms with Crippen LogP contribution in [0.15, 0.2) is 23.6 Å². The van der Waals surface area contributed by atoms with Gasteiger partial charge in [0, 0.05) is 24.8 Å². The number of pyridine rings is 1. The van der Waals surface area contributed by atoms with Crippen molar-refractivity contribution in [3.8, 4) is 0 Å². The third-order valence-corrected chi connectivity index (χ3v) is 3.12. The average molecular weight is 250 g/mol. The van der Waals surface area contributed by atoms with E-state index < -0.39 is 0 Å². The van der Waals surface area contributed by atoms with E-state index in [9.17, 15) is 0 Å². The van der Waals surface area contributed by atoms with Crippen LogP contribution in [0.1, 0.15) is 18.9 Å². The fraction of sp³-hybridized carbons (Fsp3) is 0.500. The number of morpholine rings is 1. The molecule has 6 nitrogen and oxygen atoms in total. The standard InChI is InChI=1S/C12H18N4O2/c1-2-9-8-16(5-6-18-9)11-7-14-4-3-10(11)12(13)15-17/h3-4,7,9,17H,2,5-6,8H2,1H3,(H2,13,15). The van der Waals surface area contributed by atoms with Crippen LogP contribution in [-0.2, 0) is 4.74 Å². The average Bonchev–Trinajstić information content (AvgIpc) is 2.46. The van der Waals surface area contributed by atoms with Crippen molar-refractivity contribution in [3.63, 3.8) is 0 Å². The Balaban J connectivity index is 2.27. The molecule has 1 unspecified atom stereocenters. The van der Waals surface area contributed by atoms with Gasteiger partial charge in [0.05, 0.1) is 24.6 Å². The lowest BCUT2D eigenvalue weighted by molar-refractivity contribution is 0.0384. The SMILES string of the molecule is CCC1CN(c2cnccc2/C(N)=N/O)CCO1. The lowest BCUT2D eigenvalue weighted by atomic mass is 10.1. The van der Waals surface area contributed by atoms with Crippen LogP contribution >= 0.6 is 0 Å². The number of amidine groups is 1. The van der Waals surface area contributed by atoms with Gasteiger partial charge in [-0.15, -0.1) is 0 Å². The fourth-order valence-corrected chi connectivity index (χ4v) is 2.09. The summed E-state index contributed by atoms with van der Waals surface area (Å²) >= 11 is 0. The summed E-state index contributed by atoms with van der Waals surface area (Å²) in [4.78, 5) is 6.28. The van der Waals surface area contributed by atoms with Crippen LogP contribution in [0.3, 0.4) is 0 Å². The summed E-state index contributed by atoms with van der Waals surface area (Å²) in [5.41, 5.74) is 7.27. The number of hydrogen-bond acceptors (Lipinski definition) is 5. The second kappa shape index (κ2) is 5.68. The first-order valence-electron chi connectivity index (χ1n) is 6.04. The Morgan fingerprint density at radius 1 is 1.72 bits per heavy atom. The topological polar surface area (TPSA) is 84.0 Å². The van der Waals surface area contributed by atoms with Gasteiger partial charge in [-0.3, -0.25) is 4.98 Å². The summed E-state index contributed by atoms with van der Waals surface area (Å²) in [5, 5.41) is 11.9. The van der Waals surface area contributed by atoms with E-state index in [4.69, 9.17) is 15.7 Å². The van der Waals surface area contributed by atoms with Gasteiger partial charge in [-0.25, -0.2) is 0 Å². The first-order valence-corrected chi connectivity index (χ1v) is 6.04. The second-order valence-electron chi connectivity index (χ2n) is 4.23. The lowest BCUT2D eigenvalue weighted by Crippen LogP contribution is -2.43. The lowest BCUT2D eigenvalue weighted by Gasteiger charge is -2.34. The Hall–Kier alpha value is -1.82. The molecule has 0 aliphatic carbocycles. The molecule has 1 saturated heterocycles. The maximum atomic E-state index is 8.81. The number of ether oxygens (including phenoxy) is 1. The molecule has 1 fully saturated rings. The maximum absolute atomic E-state index is 8.81. The molecule has 1 aromatic heterocycles. The van der Waals surface area contributed by atoms with Gasteiger partial charge in [0.15, 0.2) is 5.84 Å². The molecule has 6 heteroatoms. The zero-order chi connectivity index (χ0) is 13.0. The molecule has 0 spiro atoms. The van der Waals surface area contributed by atoms with Crippen LogP contribution in [0, 0.1) is 0 Å². The van der Waals surface area contributed by atoms with Gasteiger partial charge in [0.1, 0.15) is 0 Å². The Morgan fingerprint density at radius 3 is 3.28 bits per heavy atom. The van der Waals surface area contributed by atoms with Crippen LogP contribution in [0.25, 0.3) is 0 Å². The molecular weight excluding hydrogens is 232 g/mol. The fourth-order valence-electron chi connectivity index (χ4n) is 2.09. The minimum absolute atomic E-state index is 0.104. The molecule has 2 heterocycles. The highest BCUT2D eigenvalue weighted by atomic mass is 16.5. The summed E-state index contributed by atoms with van der Waals surface area (Å²) in [6, 6.07) is 1.75. The maximum Gasteiger partial charge on any atom is 0.172 e. The summed E-state index contributed by atoms with van der Waals surface area (Å²) in [5.74, 6) is 0.104. The van der Waals surface area contributed by atoms with E-state index in [1.165, 1.54) is 0 Å². The first kappa shape index (κ1) is 12.6. The summed E-state index contributed by atoms with van der Waals surface area (Å²) in [6.07, 6.45) is 4.56. The minimum Gasteiger partial charge on any atom is -0.409 e. The quantitative estimate of drug-likeness (QED) is 0.358. The predicted octanol–water partition coefficient (Wildman–Crippen LogP) is 0.791. The molecule has 0 amide bonds. The molecule has 18 heavy (non-hydrogen) atoms. The van der Waals surface area contributed by atoms with E-state index in [0.29, 0.717) is 12.2 Å². The normalized spacial score (nSPS) is 21.1. The molecule has 1 aliphatic rings. The van der Waals surface area contributed by atoms with Gasteiger partial charge in [0.2, 0.25) is 0 Å². The van der Waals surface area contributed by atoms with Crippen molar-refractivity contribution in [1.29, 1.82) is 0 Å². The second-order valence-corrected chi connectivity index (χ2v) is 4.23. The number of oxime groups is 1. The zero-order valence-electron chi connectivity index (χ0n) is 10.4. The zero-order valence-corrected chi connectivity index (χ0v) is 10.4. The van der Waals surface area contributed by atoms with E-state index in [0.717, 1.165) is 25.2 Å². The molecule has 0 bridgehead atoms. The van der Waals surface area contributed by atoms with E-state index in [-0.39, 0.29) is 11.9 Å². The minimum atomic E-state index is 0.104. The van der Waals surface area contributed by atoms with Crippen molar-refractivity contribution in [2.75, 3.05) is 24.6 Å². The first-order chi connectivity index (χ1) is 8.76. The molecular formula is C12H18N4O2. The Bertz CT molecular complexity index is 436. The Morgan fingerprint density at radius 2 is 2.56 bits per heavy atom. The number of rotatable bonds is 3. The third kappa shape index (κ3) is 2.53. The monoisotopic (exact) mass is 250 g/mol. The van der Waals surface area contributed by atoms with Crippen molar-refractivity contribution >= 4 is 11.5 Å². The molecule has 1 aliphatic heterocycles.